The minimum Gasteiger partial charge on any atom is -0.396 e. The van der Waals surface area contributed by atoms with Crippen molar-refractivity contribution in [3.8, 4) is 11.5 Å². The Bertz CT molecular complexity index is 704. The van der Waals surface area contributed by atoms with Crippen molar-refractivity contribution in [1.29, 1.82) is 0 Å². The van der Waals surface area contributed by atoms with E-state index >= 15 is 0 Å². The summed E-state index contributed by atoms with van der Waals surface area (Å²) < 4.78 is 5.36. The number of aliphatic hydroxyl groups is 1. The molecule has 1 aromatic heterocycles. The lowest BCUT2D eigenvalue weighted by Gasteiger charge is -2.19. The van der Waals surface area contributed by atoms with Gasteiger partial charge in [-0.2, -0.15) is 4.98 Å². The lowest BCUT2D eigenvalue weighted by molar-refractivity contribution is 0.0916. The Morgan fingerprint density at radius 2 is 1.96 bits per heavy atom. The van der Waals surface area contributed by atoms with Gasteiger partial charge in [0, 0.05) is 18.1 Å². The van der Waals surface area contributed by atoms with Crippen LogP contribution in [-0.2, 0) is 5.41 Å². The second kappa shape index (κ2) is 7.13. The van der Waals surface area contributed by atoms with E-state index in [9.17, 15) is 9.90 Å². The van der Waals surface area contributed by atoms with Crippen LogP contribution in [0.2, 0.25) is 0 Å². The maximum Gasteiger partial charge on any atom is 0.258 e. The predicted octanol–water partition coefficient (Wildman–Crippen LogP) is 2.78. The zero-order valence-electron chi connectivity index (χ0n) is 14.8. The van der Waals surface area contributed by atoms with Gasteiger partial charge in [-0.25, -0.2) is 0 Å². The van der Waals surface area contributed by atoms with E-state index in [1.54, 1.807) is 18.2 Å². The largest absolute Gasteiger partial charge is 0.396 e. The van der Waals surface area contributed by atoms with E-state index in [1.165, 1.54) is 0 Å². The molecule has 0 aliphatic rings. The van der Waals surface area contributed by atoms with Crippen molar-refractivity contribution >= 4 is 5.91 Å². The average molecular weight is 331 g/mol. The maximum absolute atomic E-state index is 12.6. The highest BCUT2D eigenvalue weighted by Gasteiger charge is 2.24. The van der Waals surface area contributed by atoms with Crippen LogP contribution in [0.25, 0.3) is 11.5 Å². The summed E-state index contributed by atoms with van der Waals surface area (Å²) in [5.41, 5.74) is 0.838. The fourth-order valence-electron chi connectivity index (χ4n) is 2.09. The Labute approximate surface area is 142 Å². The van der Waals surface area contributed by atoms with Gasteiger partial charge in [-0.1, -0.05) is 45.0 Å². The van der Waals surface area contributed by atoms with Gasteiger partial charge in [-0.3, -0.25) is 4.79 Å². The zero-order valence-corrected chi connectivity index (χ0v) is 14.8. The van der Waals surface area contributed by atoms with Gasteiger partial charge in [0.25, 0.3) is 11.8 Å². The number of aliphatic hydroxyl groups excluding tert-OH is 1. The molecule has 0 aliphatic carbocycles. The van der Waals surface area contributed by atoms with Crippen LogP contribution < -0.4 is 5.32 Å². The summed E-state index contributed by atoms with van der Waals surface area (Å²) in [5, 5.41) is 16.1. The summed E-state index contributed by atoms with van der Waals surface area (Å²) in [6.45, 7) is 9.76. The molecule has 24 heavy (non-hydrogen) atoms. The first kappa shape index (κ1) is 18.1. The molecule has 0 bridgehead atoms. The molecule has 6 heteroatoms. The van der Waals surface area contributed by atoms with E-state index in [4.69, 9.17) is 4.52 Å². The van der Waals surface area contributed by atoms with Crippen LogP contribution in [0.3, 0.4) is 0 Å². The van der Waals surface area contributed by atoms with E-state index < -0.39 is 0 Å². The van der Waals surface area contributed by atoms with Gasteiger partial charge in [-0.05, 0) is 25.0 Å². The lowest BCUT2D eigenvalue weighted by Crippen LogP contribution is -2.38. The second-order valence-corrected chi connectivity index (χ2v) is 7.14. The first-order valence-electron chi connectivity index (χ1n) is 8.09. The molecule has 2 atom stereocenters. The van der Waals surface area contributed by atoms with Gasteiger partial charge in [0.1, 0.15) is 0 Å². The van der Waals surface area contributed by atoms with Gasteiger partial charge >= 0.3 is 0 Å². The van der Waals surface area contributed by atoms with Crippen molar-refractivity contribution < 1.29 is 14.4 Å². The smallest absolute Gasteiger partial charge is 0.258 e. The van der Waals surface area contributed by atoms with E-state index in [2.05, 4.69) is 15.5 Å². The molecule has 1 aromatic carbocycles. The fourth-order valence-corrected chi connectivity index (χ4v) is 2.09. The van der Waals surface area contributed by atoms with Gasteiger partial charge in [-0.15, -0.1) is 0 Å². The zero-order chi connectivity index (χ0) is 17.9. The van der Waals surface area contributed by atoms with Gasteiger partial charge in [0.2, 0.25) is 0 Å². The van der Waals surface area contributed by atoms with Crippen molar-refractivity contribution in [1.82, 2.24) is 15.5 Å². The van der Waals surface area contributed by atoms with Crippen molar-refractivity contribution in [2.75, 3.05) is 6.61 Å². The molecule has 2 aromatic rings. The SMILES string of the molecule is CC(CO)C(C)NC(=O)c1ccccc1-c1nc(C(C)(C)C)no1. The predicted molar refractivity (Wildman–Crippen MR) is 91.6 cm³/mol. The number of amides is 1. The van der Waals surface area contributed by atoms with E-state index in [0.717, 1.165) is 0 Å². The number of benzene rings is 1. The third-order valence-corrected chi connectivity index (χ3v) is 4.00. The summed E-state index contributed by atoms with van der Waals surface area (Å²) in [6, 6.07) is 6.98. The molecule has 0 radical (unpaired) electrons. The van der Waals surface area contributed by atoms with Crippen LogP contribution in [0.5, 0.6) is 0 Å². The molecule has 1 amide bonds. The van der Waals surface area contributed by atoms with Crippen LogP contribution >= 0.6 is 0 Å². The van der Waals surface area contributed by atoms with E-state index in [-0.39, 0.29) is 29.9 Å². The molecule has 0 fully saturated rings. The van der Waals surface area contributed by atoms with Crippen molar-refractivity contribution in [2.45, 2.75) is 46.1 Å². The third-order valence-electron chi connectivity index (χ3n) is 4.00. The second-order valence-electron chi connectivity index (χ2n) is 7.14. The molecular weight excluding hydrogens is 306 g/mol. The molecule has 0 saturated heterocycles. The third kappa shape index (κ3) is 4.00. The highest BCUT2D eigenvalue weighted by atomic mass is 16.5. The highest BCUT2D eigenvalue weighted by molar-refractivity contribution is 6.00. The number of aromatic nitrogens is 2. The molecule has 2 unspecified atom stereocenters. The maximum atomic E-state index is 12.6. The van der Waals surface area contributed by atoms with Crippen molar-refractivity contribution in [3.05, 3.63) is 35.7 Å². The Morgan fingerprint density at radius 1 is 1.29 bits per heavy atom. The first-order chi connectivity index (χ1) is 11.2. The molecule has 0 aliphatic heterocycles. The number of carbonyl (C=O) groups excluding carboxylic acids is 1. The van der Waals surface area contributed by atoms with Crippen LogP contribution in [0, 0.1) is 5.92 Å². The monoisotopic (exact) mass is 331 g/mol. The van der Waals surface area contributed by atoms with E-state index in [1.807, 2.05) is 40.7 Å². The van der Waals surface area contributed by atoms with Gasteiger partial charge in [0.05, 0.1) is 11.1 Å². The molecule has 2 rings (SSSR count). The summed E-state index contributed by atoms with van der Waals surface area (Å²) in [4.78, 5) is 17.0. The highest BCUT2D eigenvalue weighted by Crippen LogP contribution is 2.26. The molecule has 6 nitrogen and oxygen atoms in total. The molecule has 0 saturated carbocycles. The van der Waals surface area contributed by atoms with Crippen molar-refractivity contribution in [3.63, 3.8) is 0 Å². The Kier molecular flexibility index (Phi) is 5.39. The van der Waals surface area contributed by atoms with Crippen LogP contribution in [0.15, 0.2) is 28.8 Å². The van der Waals surface area contributed by atoms with Gasteiger partial charge < -0.3 is 14.9 Å². The Morgan fingerprint density at radius 3 is 2.54 bits per heavy atom. The quantitative estimate of drug-likeness (QED) is 0.879. The molecular formula is C18H25N3O3. The minimum absolute atomic E-state index is 0.0156. The summed E-state index contributed by atoms with van der Waals surface area (Å²) >= 11 is 0. The lowest BCUT2D eigenvalue weighted by atomic mass is 9.96. The fraction of sp³-hybridized carbons (Fsp3) is 0.500. The van der Waals surface area contributed by atoms with Crippen molar-refractivity contribution in [2.24, 2.45) is 5.92 Å². The number of hydrogen-bond acceptors (Lipinski definition) is 5. The molecule has 1 heterocycles. The number of nitrogens with one attached hydrogen (secondary N) is 1. The standard InChI is InChI=1S/C18H25N3O3/c1-11(10-22)12(2)19-15(23)13-8-6-7-9-14(13)16-20-17(21-24-16)18(3,4)5/h6-9,11-12,22H,10H2,1-5H3,(H,19,23). The van der Waals surface area contributed by atoms with Gasteiger partial charge in [0.15, 0.2) is 5.82 Å². The minimum atomic E-state index is -0.232. The Balaban J connectivity index is 2.31. The van der Waals surface area contributed by atoms with Crippen LogP contribution in [0.4, 0.5) is 0 Å². The topological polar surface area (TPSA) is 88.2 Å². The average Bonchev–Trinajstić information content (AvgIpc) is 3.04. The first-order valence-corrected chi connectivity index (χ1v) is 8.09. The van der Waals surface area contributed by atoms with Crippen LogP contribution in [0.1, 0.15) is 50.8 Å². The molecule has 130 valence electrons. The van der Waals surface area contributed by atoms with E-state index in [0.29, 0.717) is 22.8 Å². The Hall–Kier alpha value is -2.21. The number of hydrogen-bond donors (Lipinski definition) is 2. The number of nitrogens with zero attached hydrogens (tertiary/aromatic N) is 2. The van der Waals surface area contributed by atoms with Crippen LogP contribution in [-0.4, -0.2) is 33.8 Å². The summed E-state index contributed by atoms with van der Waals surface area (Å²) in [6.07, 6.45) is 0. The summed E-state index contributed by atoms with van der Waals surface area (Å²) in [7, 11) is 0. The number of rotatable bonds is 5. The molecule has 2 N–H and O–H groups in total. The summed E-state index contributed by atoms with van der Waals surface area (Å²) in [5.74, 6) is 0.662. The normalized spacial score (nSPS) is 14.2. The number of carbonyl (C=O) groups is 1. The molecule has 0 spiro atoms.